The van der Waals surface area contributed by atoms with Crippen molar-refractivity contribution in [2.24, 2.45) is 5.41 Å². The molecule has 1 heterocycles. The predicted octanol–water partition coefficient (Wildman–Crippen LogP) is 1.49. The molecule has 1 fully saturated rings. The topological polar surface area (TPSA) is 77.9 Å². The minimum atomic E-state index is -4.09. The van der Waals surface area contributed by atoms with Gasteiger partial charge in [0.15, 0.2) is 0 Å². The average Bonchev–Trinajstić information content (AvgIpc) is 2.77. The Balaban J connectivity index is 2.31. The van der Waals surface area contributed by atoms with Gasteiger partial charge in [-0.05, 0) is 43.6 Å². The Morgan fingerprint density at radius 2 is 2.13 bits per heavy atom. The Morgan fingerprint density at radius 3 is 2.65 bits per heavy atom. The second kappa shape index (κ2) is 6.18. The molecule has 8 heteroatoms. The van der Waals surface area contributed by atoms with Crippen molar-refractivity contribution in [3.8, 4) is 0 Å². The van der Waals surface area contributed by atoms with E-state index in [4.69, 9.17) is 5.11 Å². The van der Waals surface area contributed by atoms with Crippen LogP contribution in [-0.4, -0.2) is 62.4 Å². The molecule has 1 saturated heterocycles. The van der Waals surface area contributed by atoms with Crippen molar-refractivity contribution in [3.63, 3.8) is 0 Å². The van der Waals surface area contributed by atoms with Gasteiger partial charge in [0.05, 0.1) is 5.56 Å². The van der Waals surface area contributed by atoms with Crippen LogP contribution in [0.1, 0.15) is 23.7 Å². The van der Waals surface area contributed by atoms with E-state index in [0.717, 1.165) is 42.0 Å². The summed E-state index contributed by atoms with van der Waals surface area (Å²) >= 11 is 0. The Bertz CT molecular complexity index is 722. The van der Waals surface area contributed by atoms with Gasteiger partial charge in [-0.25, -0.2) is 21.9 Å². The van der Waals surface area contributed by atoms with E-state index in [-0.39, 0.29) is 17.5 Å². The molecular weight excluding hydrogens is 323 g/mol. The monoisotopic (exact) mass is 344 g/mol. The number of carbonyl (C=O) groups is 1. The van der Waals surface area contributed by atoms with Crippen LogP contribution >= 0.6 is 0 Å². The fraction of sp³-hybridized carbons (Fsp3) is 0.533. The van der Waals surface area contributed by atoms with Gasteiger partial charge in [0, 0.05) is 20.1 Å². The molecule has 6 nitrogen and oxygen atoms in total. The van der Waals surface area contributed by atoms with Crippen LogP contribution < -0.4 is 0 Å². The number of hydrogen-bond acceptors (Lipinski definition) is 4. The molecule has 0 aliphatic carbocycles. The molecule has 1 unspecified atom stereocenters. The SMILES string of the molecule is CN1CCC(C)(CN(C)S(=O)(=O)c2cc(C(=O)O)ccc2F)C1. The first-order valence-corrected chi connectivity index (χ1v) is 8.67. The zero-order valence-electron chi connectivity index (χ0n) is 13.4. The van der Waals surface area contributed by atoms with Gasteiger partial charge in [0.25, 0.3) is 0 Å². The first kappa shape index (κ1) is 17.8. The first-order chi connectivity index (χ1) is 10.5. The van der Waals surface area contributed by atoms with Crippen LogP contribution in [0.5, 0.6) is 0 Å². The number of likely N-dealkylation sites (tertiary alicyclic amines) is 1. The standard InChI is InChI=1S/C15H21FN2O4S/c1-15(6-7-17(2)9-15)10-18(3)23(21,22)13-8-11(14(19)20)4-5-12(13)16/h4-5,8H,6-7,9-10H2,1-3H3,(H,19,20). The van der Waals surface area contributed by atoms with Gasteiger partial charge >= 0.3 is 5.97 Å². The number of aromatic carboxylic acids is 1. The lowest BCUT2D eigenvalue weighted by Crippen LogP contribution is -2.39. The van der Waals surface area contributed by atoms with Crippen LogP contribution in [-0.2, 0) is 10.0 Å². The van der Waals surface area contributed by atoms with Gasteiger partial charge in [-0.2, -0.15) is 0 Å². The first-order valence-electron chi connectivity index (χ1n) is 7.23. The molecule has 1 aliphatic rings. The molecule has 0 spiro atoms. The predicted molar refractivity (Wildman–Crippen MR) is 83.4 cm³/mol. The number of hydrogen-bond donors (Lipinski definition) is 1. The molecule has 23 heavy (non-hydrogen) atoms. The van der Waals surface area contributed by atoms with Crippen molar-refractivity contribution in [1.29, 1.82) is 0 Å². The van der Waals surface area contributed by atoms with Crippen LogP contribution in [0.4, 0.5) is 4.39 Å². The molecule has 0 amide bonds. The highest BCUT2D eigenvalue weighted by Crippen LogP contribution is 2.31. The van der Waals surface area contributed by atoms with E-state index in [1.54, 1.807) is 0 Å². The van der Waals surface area contributed by atoms with Crippen LogP contribution in [0.15, 0.2) is 23.1 Å². The maximum Gasteiger partial charge on any atom is 0.335 e. The molecule has 0 radical (unpaired) electrons. The summed E-state index contributed by atoms with van der Waals surface area (Å²) in [6.45, 7) is 3.88. The third-order valence-corrected chi connectivity index (χ3v) is 6.04. The minimum absolute atomic E-state index is 0.211. The number of sulfonamides is 1. The minimum Gasteiger partial charge on any atom is -0.478 e. The van der Waals surface area contributed by atoms with E-state index in [1.165, 1.54) is 7.05 Å². The molecule has 0 aromatic heterocycles. The molecule has 1 aliphatic heterocycles. The summed E-state index contributed by atoms with van der Waals surface area (Å²) in [4.78, 5) is 12.5. The second-order valence-corrected chi connectivity index (χ2v) is 8.52. The number of carboxylic acid groups (broad SMARTS) is 1. The fourth-order valence-corrected chi connectivity index (χ4v) is 4.43. The Morgan fingerprint density at radius 1 is 1.48 bits per heavy atom. The number of benzene rings is 1. The van der Waals surface area contributed by atoms with Gasteiger partial charge in [0.2, 0.25) is 10.0 Å². The third-order valence-electron chi connectivity index (χ3n) is 4.22. The highest BCUT2D eigenvalue weighted by molar-refractivity contribution is 7.89. The van der Waals surface area contributed by atoms with Crippen molar-refractivity contribution < 1.29 is 22.7 Å². The van der Waals surface area contributed by atoms with Crippen molar-refractivity contribution in [1.82, 2.24) is 9.21 Å². The summed E-state index contributed by atoms with van der Waals surface area (Å²) < 4.78 is 40.3. The van der Waals surface area contributed by atoms with Gasteiger partial charge < -0.3 is 10.0 Å². The normalized spacial score (nSPS) is 22.7. The summed E-state index contributed by atoms with van der Waals surface area (Å²) in [6, 6.07) is 2.78. The molecule has 0 saturated carbocycles. The smallest absolute Gasteiger partial charge is 0.335 e. The summed E-state index contributed by atoms with van der Waals surface area (Å²) in [7, 11) is -0.730. The number of nitrogens with zero attached hydrogens (tertiary/aromatic N) is 2. The van der Waals surface area contributed by atoms with Crippen LogP contribution in [0.25, 0.3) is 0 Å². The summed E-state index contributed by atoms with van der Waals surface area (Å²) in [5.74, 6) is -2.25. The highest BCUT2D eigenvalue weighted by Gasteiger charge is 2.37. The molecule has 0 bridgehead atoms. The van der Waals surface area contributed by atoms with Gasteiger partial charge in [-0.3, -0.25) is 0 Å². The Labute approximate surface area is 135 Å². The molecular formula is C15H21FN2O4S. The van der Waals surface area contributed by atoms with Gasteiger partial charge in [-0.1, -0.05) is 6.92 Å². The molecule has 1 aromatic carbocycles. The zero-order chi connectivity index (χ0) is 17.4. The van der Waals surface area contributed by atoms with E-state index in [0.29, 0.717) is 0 Å². The summed E-state index contributed by atoms with van der Waals surface area (Å²) in [5.41, 5.74) is -0.470. The molecule has 1 N–H and O–H groups in total. The van der Waals surface area contributed by atoms with E-state index >= 15 is 0 Å². The summed E-state index contributed by atoms with van der Waals surface area (Å²) in [5, 5.41) is 8.97. The molecule has 1 aromatic rings. The molecule has 1 atom stereocenters. The lowest BCUT2D eigenvalue weighted by molar-refractivity contribution is 0.0696. The van der Waals surface area contributed by atoms with Crippen LogP contribution in [0.2, 0.25) is 0 Å². The lowest BCUT2D eigenvalue weighted by Gasteiger charge is -2.29. The number of carboxylic acids is 1. The molecule has 128 valence electrons. The van der Waals surface area contributed by atoms with E-state index in [2.05, 4.69) is 4.90 Å². The van der Waals surface area contributed by atoms with Crippen molar-refractivity contribution in [2.75, 3.05) is 33.7 Å². The second-order valence-electron chi connectivity index (χ2n) is 6.51. The Hall–Kier alpha value is -1.51. The van der Waals surface area contributed by atoms with E-state index in [1.807, 2.05) is 14.0 Å². The van der Waals surface area contributed by atoms with Gasteiger partial charge in [0.1, 0.15) is 10.7 Å². The Kier molecular flexibility index (Phi) is 4.79. The zero-order valence-corrected chi connectivity index (χ0v) is 14.2. The lowest BCUT2D eigenvalue weighted by atomic mass is 9.90. The van der Waals surface area contributed by atoms with Crippen molar-refractivity contribution >= 4 is 16.0 Å². The van der Waals surface area contributed by atoms with Crippen molar-refractivity contribution in [2.45, 2.75) is 18.2 Å². The third kappa shape index (κ3) is 3.70. The maximum atomic E-state index is 14.0. The molecule has 2 rings (SSSR count). The van der Waals surface area contributed by atoms with E-state index < -0.39 is 26.7 Å². The van der Waals surface area contributed by atoms with E-state index in [9.17, 15) is 17.6 Å². The fourth-order valence-electron chi connectivity index (χ4n) is 3.02. The van der Waals surface area contributed by atoms with Crippen LogP contribution in [0.3, 0.4) is 0 Å². The van der Waals surface area contributed by atoms with Gasteiger partial charge in [-0.15, -0.1) is 0 Å². The summed E-state index contributed by atoms with van der Waals surface area (Å²) in [6.07, 6.45) is 0.848. The average molecular weight is 344 g/mol. The van der Waals surface area contributed by atoms with Crippen LogP contribution in [0, 0.1) is 11.2 Å². The highest BCUT2D eigenvalue weighted by atomic mass is 32.2. The number of halogens is 1. The van der Waals surface area contributed by atoms with Crippen molar-refractivity contribution in [3.05, 3.63) is 29.6 Å². The quantitative estimate of drug-likeness (QED) is 0.875. The number of rotatable bonds is 5. The largest absolute Gasteiger partial charge is 0.478 e. The maximum absolute atomic E-state index is 14.0.